The second-order valence-corrected chi connectivity index (χ2v) is 7.31. The number of methoxy groups -OCH3 is 2. The Morgan fingerprint density at radius 2 is 1.79 bits per heavy atom. The van der Waals surface area contributed by atoms with Crippen LogP contribution in [0.15, 0.2) is 18.2 Å². The average Bonchev–Trinajstić information content (AvgIpc) is 2.73. The van der Waals surface area contributed by atoms with Crippen LogP contribution in [0, 0.1) is 0 Å². The minimum Gasteiger partial charge on any atom is -0.495 e. The van der Waals surface area contributed by atoms with Gasteiger partial charge >= 0.3 is 13.1 Å². The lowest BCUT2D eigenvalue weighted by atomic mass is 9.66. The van der Waals surface area contributed by atoms with E-state index >= 15 is 0 Å². The standard InChI is InChI=1S/C17H24BClO5/c1-16(2)17(3,4)24-18(23-16)12(10-15(20)22-6)11-7-8-13(19)14(9-11)21-5/h7-9,12H,10H2,1-6H3. The summed E-state index contributed by atoms with van der Waals surface area (Å²) in [4.78, 5) is 11.9. The van der Waals surface area contributed by atoms with Crippen LogP contribution < -0.4 is 4.74 Å². The molecular weight excluding hydrogens is 330 g/mol. The normalized spacial score (nSPS) is 19.9. The number of rotatable bonds is 5. The van der Waals surface area contributed by atoms with E-state index in [4.69, 9.17) is 30.4 Å². The number of carbonyl (C=O) groups excluding carboxylic acids is 1. The van der Waals surface area contributed by atoms with Gasteiger partial charge in [-0.3, -0.25) is 4.79 Å². The van der Waals surface area contributed by atoms with Crippen LogP contribution in [0.1, 0.15) is 45.5 Å². The molecule has 1 saturated heterocycles. The zero-order chi connectivity index (χ0) is 18.1. The van der Waals surface area contributed by atoms with E-state index in [9.17, 15) is 4.79 Å². The van der Waals surface area contributed by atoms with Gasteiger partial charge in [-0.1, -0.05) is 17.7 Å². The molecule has 0 amide bonds. The minimum absolute atomic E-state index is 0.137. The summed E-state index contributed by atoms with van der Waals surface area (Å²) in [5, 5.41) is 0.506. The second-order valence-electron chi connectivity index (χ2n) is 6.91. The molecule has 24 heavy (non-hydrogen) atoms. The van der Waals surface area contributed by atoms with Gasteiger partial charge in [0.1, 0.15) is 5.75 Å². The summed E-state index contributed by atoms with van der Waals surface area (Å²) in [6.07, 6.45) is 0.137. The Labute approximate surface area is 148 Å². The monoisotopic (exact) mass is 354 g/mol. The Bertz CT molecular complexity index is 601. The summed E-state index contributed by atoms with van der Waals surface area (Å²) in [5.41, 5.74) is -0.120. The van der Waals surface area contributed by atoms with E-state index in [0.29, 0.717) is 10.8 Å². The van der Waals surface area contributed by atoms with E-state index in [0.717, 1.165) is 5.56 Å². The molecule has 0 spiro atoms. The van der Waals surface area contributed by atoms with Gasteiger partial charge in [-0.15, -0.1) is 0 Å². The van der Waals surface area contributed by atoms with Crippen molar-refractivity contribution in [3.05, 3.63) is 28.8 Å². The summed E-state index contributed by atoms with van der Waals surface area (Å²) in [7, 11) is 2.35. The predicted molar refractivity (Wildman–Crippen MR) is 93.5 cm³/mol. The van der Waals surface area contributed by atoms with Gasteiger partial charge < -0.3 is 18.8 Å². The number of ether oxygens (including phenoxy) is 2. The van der Waals surface area contributed by atoms with E-state index in [2.05, 4.69) is 0 Å². The van der Waals surface area contributed by atoms with Crippen LogP contribution in [-0.4, -0.2) is 38.5 Å². The predicted octanol–water partition coefficient (Wildman–Crippen LogP) is 3.63. The quantitative estimate of drug-likeness (QED) is 0.597. The van der Waals surface area contributed by atoms with Gasteiger partial charge in [-0.2, -0.15) is 0 Å². The summed E-state index contributed by atoms with van der Waals surface area (Å²) < 4.78 is 22.4. The van der Waals surface area contributed by atoms with Crippen LogP contribution in [0.4, 0.5) is 0 Å². The van der Waals surface area contributed by atoms with Crippen molar-refractivity contribution in [2.45, 2.75) is 51.1 Å². The fraction of sp³-hybridized carbons (Fsp3) is 0.588. The van der Waals surface area contributed by atoms with Crippen LogP contribution in [0.3, 0.4) is 0 Å². The SMILES string of the molecule is COC(=O)CC(B1OC(C)(C)C(C)(C)O1)c1ccc(Cl)c(OC)c1. The molecule has 1 aromatic carbocycles. The average molecular weight is 355 g/mol. The first kappa shape index (κ1) is 19.1. The van der Waals surface area contributed by atoms with Crippen molar-refractivity contribution >= 4 is 24.7 Å². The van der Waals surface area contributed by atoms with Crippen LogP contribution in [0.5, 0.6) is 5.75 Å². The van der Waals surface area contributed by atoms with Crippen molar-refractivity contribution in [1.29, 1.82) is 0 Å². The molecule has 1 aliphatic rings. The van der Waals surface area contributed by atoms with Gasteiger partial charge in [-0.25, -0.2) is 0 Å². The van der Waals surface area contributed by atoms with Gasteiger partial charge in [0.2, 0.25) is 0 Å². The molecule has 1 unspecified atom stereocenters. The molecule has 0 radical (unpaired) electrons. The van der Waals surface area contributed by atoms with E-state index in [1.807, 2.05) is 33.8 Å². The number of halogens is 1. The van der Waals surface area contributed by atoms with Crippen LogP contribution in [0.2, 0.25) is 5.02 Å². The lowest BCUT2D eigenvalue weighted by molar-refractivity contribution is -0.140. The smallest absolute Gasteiger partial charge is 0.466 e. The molecule has 1 aliphatic heterocycles. The first-order chi connectivity index (χ1) is 11.1. The van der Waals surface area contributed by atoms with Crippen molar-refractivity contribution in [1.82, 2.24) is 0 Å². The van der Waals surface area contributed by atoms with E-state index < -0.39 is 18.3 Å². The maximum atomic E-state index is 11.9. The van der Waals surface area contributed by atoms with Gasteiger partial charge in [-0.05, 0) is 45.4 Å². The highest BCUT2D eigenvalue weighted by Gasteiger charge is 2.54. The van der Waals surface area contributed by atoms with Gasteiger partial charge in [0.05, 0.1) is 36.9 Å². The third-order valence-corrected chi connectivity index (χ3v) is 5.13. The van der Waals surface area contributed by atoms with Crippen LogP contribution >= 0.6 is 11.6 Å². The lowest BCUT2D eigenvalue weighted by Gasteiger charge is -2.32. The van der Waals surface area contributed by atoms with E-state index in [1.165, 1.54) is 7.11 Å². The maximum Gasteiger partial charge on any atom is 0.466 e. The number of benzene rings is 1. The highest BCUT2D eigenvalue weighted by molar-refractivity contribution is 6.48. The number of hydrogen-bond donors (Lipinski definition) is 0. The highest BCUT2D eigenvalue weighted by atomic mass is 35.5. The minimum atomic E-state index is -0.569. The maximum absolute atomic E-state index is 11.9. The summed E-state index contributed by atoms with van der Waals surface area (Å²) in [5.74, 6) is -0.117. The molecule has 0 aromatic heterocycles. The highest BCUT2D eigenvalue weighted by Crippen LogP contribution is 2.42. The summed E-state index contributed by atoms with van der Waals surface area (Å²) in [6.45, 7) is 7.91. The molecular formula is C17H24BClO5. The lowest BCUT2D eigenvalue weighted by Crippen LogP contribution is -2.41. The third kappa shape index (κ3) is 3.71. The van der Waals surface area contributed by atoms with Gasteiger partial charge in [0.15, 0.2) is 0 Å². The fourth-order valence-electron chi connectivity index (χ4n) is 2.59. The number of carbonyl (C=O) groups is 1. The second kappa shape index (κ2) is 6.94. The zero-order valence-corrected chi connectivity index (χ0v) is 15.8. The van der Waals surface area contributed by atoms with Crippen LogP contribution in [0.25, 0.3) is 0 Å². The molecule has 0 aliphatic carbocycles. The molecule has 7 heteroatoms. The van der Waals surface area contributed by atoms with Crippen LogP contribution in [-0.2, 0) is 18.8 Å². The number of hydrogen-bond acceptors (Lipinski definition) is 5. The Morgan fingerprint density at radius 1 is 1.21 bits per heavy atom. The van der Waals surface area contributed by atoms with Gasteiger partial charge in [0.25, 0.3) is 0 Å². The molecule has 0 bridgehead atoms. The topological polar surface area (TPSA) is 54.0 Å². The van der Waals surface area contributed by atoms with E-state index in [1.54, 1.807) is 19.2 Å². The molecule has 0 saturated carbocycles. The van der Waals surface area contributed by atoms with Crippen molar-refractivity contribution in [3.63, 3.8) is 0 Å². The first-order valence-corrected chi connectivity index (χ1v) is 8.25. The Balaban J connectivity index is 2.38. The third-order valence-electron chi connectivity index (χ3n) is 4.82. The summed E-state index contributed by atoms with van der Waals surface area (Å²) in [6, 6.07) is 5.40. The Kier molecular flexibility index (Phi) is 5.52. The Morgan fingerprint density at radius 3 is 2.29 bits per heavy atom. The van der Waals surface area contributed by atoms with Crippen molar-refractivity contribution in [3.8, 4) is 5.75 Å². The zero-order valence-electron chi connectivity index (χ0n) is 15.0. The fourth-order valence-corrected chi connectivity index (χ4v) is 2.79. The Hall–Kier alpha value is -1.24. The van der Waals surface area contributed by atoms with Gasteiger partial charge in [0, 0.05) is 5.82 Å². The molecule has 1 heterocycles. The molecule has 132 valence electrons. The molecule has 0 N–H and O–H groups in total. The summed E-state index contributed by atoms with van der Waals surface area (Å²) >= 11 is 6.11. The molecule has 1 atom stereocenters. The molecule has 1 aromatic rings. The number of esters is 1. The first-order valence-electron chi connectivity index (χ1n) is 7.87. The molecule has 5 nitrogen and oxygen atoms in total. The van der Waals surface area contributed by atoms with Crippen molar-refractivity contribution < 1.29 is 23.6 Å². The van der Waals surface area contributed by atoms with Crippen molar-refractivity contribution in [2.24, 2.45) is 0 Å². The molecule has 2 rings (SSSR count). The van der Waals surface area contributed by atoms with E-state index in [-0.39, 0.29) is 18.2 Å². The molecule has 1 fully saturated rings. The largest absolute Gasteiger partial charge is 0.495 e. The van der Waals surface area contributed by atoms with Crippen molar-refractivity contribution in [2.75, 3.05) is 14.2 Å².